The molecule has 3 rings (SSSR count). The lowest BCUT2D eigenvalue weighted by Gasteiger charge is -2.26. The number of hydrogen-bond donors (Lipinski definition) is 0. The summed E-state index contributed by atoms with van der Waals surface area (Å²) >= 11 is 0. The number of rotatable bonds is 7. The van der Waals surface area contributed by atoms with Crippen LogP contribution in [0.25, 0.3) is 0 Å². The van der Waals surface area contributed by atoms with E-state index >= 15 is 0 Å². The molecule has 0 aromatic heterocycles. The molecule has 1 unspecified atom stereocenters. The summed E-state index contributed by atoms with van der Waals surface area (Å²) in [7, 11) is 1.58. The summed E-state index contributed by atoms with van der Waals surface area (Å²) < 4.78 is 38.3. The standard InChI is InChI=1S/C20H23F2NO2/c1-24-20-8-7-18(22)11-16(20)13-23(14-19-6-3-9-25-19)12-15-4-2-5-17(21)10-15/h2,4-5,7-8,10-11,19H,3,6,9,12-14H2,1H3. The number of ether oxygens (including phenoxy) is 2. The molecule has 1 aliphatic heterocycles. The Bertz CT molecular complexity index is 702. The molecule has 1 atom stereocenters. The van der Waals surface area contributed by atoms with Crippen molar-refractivity contribution in [3.05, 3.63) is 65.2 Å². The molecular weight excluding hydrogens is 324 g/mol. The van der Waals surface area contributed by atoms with Gasteiger partial charge in [0.05, 0.1) is 13.2 Å². The minimum atomic E-state index is -0.293. The van der Waals surface area contributed by atoms with Crippen molar-refractivity contribution < 1.29 is 18.3 Å². The molecular formula is C20H23F2NO2. The van der Waals surface area contributed by atoms with Gasteiger partial charge in [0.25, 0.3) is 0 Å². The highest BCUT2D eigenvalue weighted by molar-refractivity contribution is 5.34. The second-order valence-electron chi connectivity index (χ2n) is 6.39. The van der Waals surface area contributed by atoms with Crippen molar-refractivity contribution in [3.63, 3.8) is 0 Å². The number of methoxy groups -OCH3 is 1. The van der Waals surface area contributed by atoms with Crippen molar-refractivity contribution in [2.24, 2.45) is 0 Å². The largest absolute Gasteiger partial charge is 0.496 e. The maximum absolute atomic E-state index is 13.7. The molecule has 25 heavy (non-hydrogen) atoms. The van der Waals surface area contributed by atoms with Crippen LogP contribution in [0.3, 0.4) is 0 Å². The van der Waals surface area contributed by atoms with Crippen molar-refractivity contribution in [2.75, 3.05) is 20.3 Å². The molecule has 134 valence electrons. The monoisotopic (exact) mass is 347 g/mol. The maximum Gasteiger partial charge on any atom is 0.123 e. The van der Waals surface area contributed by atoms with Gasteiger partial charge < -0.3 is 9.47 Å². The maximum atomic E-state index is 13.7. The Morgan fingerprint density at radius 3 is 2.68 bits per heavy atom. The van der Waals surface area contributed by atoms with Crippen LogP contribution < -0.4 is 4.74 Å². The van der Waals surface area contributed by atoms with Gasteiger partial charge in [-0.15, -0.1) is 0 Å². The molecule has 1 fully saturated rings. The Balaban J connectivity index is 1.79. The Labute approximate surface area is 147 Å². The highest BCUT2D eigenvalue weighted by atomic mass is 19.1. The van der Waals surface area contributed by atoms with Crippen molar-refractivity contribution in [1.82, 2.24) is 4.90 Å². The Morgan fingerprint density at radius 1 is 1.12 bits per heavy atom. The van der Waals surface area contributed by atoms with Crippen LogP contribution in [0.4, 0.5) is 8.78 Å². The molecule has 0 spiro atoms. The average Bonchev–Trinajstić information content (AvgIpc) is 3.08. The van der Waals surface area contributed by atoms with Crippen LogP contribution >= 0.6 is 0 Å². The summed E-state index contributed by atoms with van der Waals surface area (Å²) in [6, 6.07) is 11.1. The van der Waals surface area contributed by atoms with Gasteiger partial charge in [-0.05, 0) is 48.7 Å². The minimum Gasteiger partial charge on any atom is -0.496 e. The lowest BCUT2D eigenvalue weighted by Crippen LogP contribution is -2.31. The van der Waals surface area contributed by atoms with Crippen molar-refractivity contribution in [2.45, 2.75) is 32.0 Å². The first-order valence-corrected chi connectivity index (χ1v) is 8.55. The van der Waals surface area contributed by atoms with Crippen molar-refractivity contribution in [3.8, 4) is 5.75 Å². The SMILES string of the molecule is COc1ccc(F)cc1CN(Cc1cccc(F)c1)CC1CCCO1. The van der Waals surface area contributed by atoms with E-state index in [1.807, 2.05) is 6.07 Å². The third-order valence-corrected chi connectivity index (χ3v) is 4.42. The fraction of sp³-hybridized carbons (Fsp3) is 0.400. The molecule has 2 aromatic rings. The van der Waals surface area contributed by atoms with Crippen LogP contribution in [0.2, 0.25) is 0 Å². The number of benzene rings is 2. The number of halogens is 2. The fourth-order valence-corrected chi connectivity index (χ4v) is 3.27. The highest BCUT2D eigenvalue weighted by Crippen LogP contribution is 2.23. The lowest BCUT2D eigenvalue weighted by atomic mass is 10.1. The van der Waals surface area contributed by atoms with E-state index in [-0.39, 0.29) is 17.7 Å². The zero-order valence-corrected chi connectivity index (χ0v) is 14.4. The quantitative estimate of drug-likeness (QED) is 0.751. The van der Waals surface area contributed by atoms with E-state index in [1.165, 1.54) is 24.3 Å². The number of nitrogens with zero attached hydrogens (tertiary/aromatic N) is 1. The third-order valence-electron chi connectivity index (χ3n) is 4.42. The van der Waals surface area contributed by atoms with Gasteiger partial charge >= 0.3 is 0 Å². The zero-order valence-electron chi connectivity index (χ0n) is 14.4. The van der Waals surface area contributed by atoms with Gasteiger partial charge in [-0.25, -0.2) is 8.78 Å². The Hall–Kier alpha value is -1.98. The normalized spacial score (nSPS) is 17.2. The van der Waals surface area contributed by atoms with Crippen molar-refractivity contribution >= 4 is 0 Å². The second-order valence-corrected chi connectivity index (χ2v) is 6.39. The van der Waals surface area contributed by atoms with E-state index in [0.29, 0.717) is 18.8 Å². The first-order valence-electron chi connectivity index (χ1n) is 8.55. The molecule has 5 heteroatoms. The molecule has 0 N–H and O–H groups in total. The van der Waals surface area contributed by atoms with Crippen LogP contribution in [0, 0.1) is 11.6 Å². The molecule has 0 aliphatic carbocycles. The predicted octanol–water partition coefficient (Wildman–Crippen LogP) is 4.15. The van der Waals surface area contributed by atoms with E-state index in [9.17, 15) is 8.78 Å². The van der Waals surface area contributed by atoms with Gasteiger partial charge in [0.1, 0.15) is 17.4 Å². The van der Waals surface area contributed by atoms with E-state index < -0.39 is 0 Å². The van der Waals surface area contributed by atoms with Gasteiger partial charge in [0, 0.05) is 31.8 Å². The van der Waals surface area contributed by atoms with Crippen LogP contribution in [0.15, 0.2) is 42.5 Å². The van der Waals surface area contributed by atoms with Gasteiger partial charge in [-0.2, -0.15) is 0 Å². The number of hydrogen-bond acceptors (Lipinski definition) is 3. The van der Waals surface area contributed by atoms with Crippen LogP contribution in [0.5, 0.6) is 5.75 Å². The topological polar surface area (TPSA) is 21.7 Å². The lowest BCUT2D eigenvalue weighted by molar-refractivity contribution is 0.0676. The molecule has 1 aliphatic rings. The van der Waals surface area contributed by atoms with E-state index in [2.05, 4.69) is 4.90 Å². The first kappa shape index (κ1) is 17.8. The third kappa shape index (κ3) is 5.00. The summed E-state index contributed by atoms with van der Waals surface area (Å²) in [6.45, 7) is 2.58. The van der Waals surface area contributed by atoms with Crippen LogP contribution in [-0.2, 0) is 17.8 Å². The van der Waals surface area contributed by atoms with E-state index in [0.717, 1.165) is 37.1 Å². The highest BCUT2D eigenvalue weighted by Gasteiger charge is 2.21. The average molecular weight is 347 g/mol. The molecule has 1 heterocycles. The second kappa shape index (κ2) is 8.41. The van der Waals surface area contributed by atoms with Crippen molar-refractivity contribution in [1.29, 1.82) is 0 Å². The van der Waals surface area contributed by atoms with Crippen LogP contribution in [0.1, 0.15) is 24.0 Å². The summed E-state index contributed by atoms with van der Waals surface area (Å²) in [4.78, 5) is 2.15. The van der Waals surface area contributed by atoms with Gasteiger partial charge in [-0.1, -0.05) is 12.1 Å². The minimum absolute atomic E-state index is 0.160. The smallest absolute Gasteiger partial charge is 0.123 e. The van der Waals surface area contributed by atoms with Gasteiger partial charge in [0.15, 0.2) is 0 Å². The molecule has 3 nitrogen and oxygen atoms in total. The summed E-state index contributed by atoms with van der Waals surface area (Å²) in [5, 5.41) is 0. The van der Waals surface area contributed by atoms with Crippen LogP contribution in [-0.4, -0.2) is 31.3 Å². The van der Waals surface area contributed by atoms with Gasteiger partial charge in [0.2, 0.25) is 0 Å². The predicted molar refractivity (Wildman–Crippen MR) is 92.4 cm³/mol. The Morgan fingerprint density at radius 2 is 1.96 bits per heavy atom. The van der Waals surface area contributed by atoms with Gasteiger partial charge in [-0.3, -0.25) is 4.90 Å². The summed E-state index contributed by atoms with van der Waals surface area (Å²) in [5.74, 6) is 0.106. The fourth-order valence-electron chi connectivity index (χ4n) is 3.27. The van der Waals surface area contributed by atoms with E-state index in [4.69, 9.17) is 9.47 Å². The molecule has 0 bridgehead atoms. The van der Waals surface area contributed by atoms with E-state index in [1.54, 1.807) is 19.2 Å². The Kier molecular flexibility index (Phi) is 6.00. The summed E-state index contributed by atoms with van der Waals surface area (Å²) in [5.41, 5.74) is 1.66. The molecule has 0 amide bonds. The first-order chi connectivity index (χ1) is 12.1. The summed E-state index contributed by atoms with van der Waals surface area (Å²) in [6.07, 6.45) is 2.23. The molecule has 0 saturated carbocycles. The zero-order chi connectivity index (χ0) is 17.6. The molecule has 1 saturated heterocycles. The molecule has 0 radical (unpaired) electrons. The molecule has 2 aromatic carbocycles.